The summed E-state index contributed by atoms with van der Waals surface area (Å²) in [4.78, 5) is 27.6. The van der Waals surface area contributed by atoms with E-state index in [4.69, 9.17) is 10.4 Å². The first-order valence-corrected chi connectivity index (χ1v) is 6.06. The van der Waals surface area contributed by atoms with Crippen molar-refractivity contribution in [1.82, 2.24) is 14.7 Å². The molecule has 0 unspecified atom stereocenters. The van der Waals surface area contributed by atoms with Crippen molar-refractivity contribution in [3.63, 3.8) is 0 Å². The third-order valence-electron chi connectivity index (χ3n) is 2.57. The van der Waals surface area contributed by atoms with Crippen LogP contribution in [0.5, 0.6) is 0 Å². The topological polar surface area (TPSA) is 87.9 Å². The van der Waals surface area contributed by atoms with Gasteiger partial charge in [-0.2, -0.15) is 5.26 Å². The number of amides is 1. The van der Waals surface area contributed by atoms with Crippen LogP contribution in [0.15, 0.2) is 0 Å². The second-order valence-electron chi connectivity index (χ2n) is 4.63. The van der Waals surface area contributed by atoms with Crippen LogP contribution in [-0.2, 0) is 9.59 Å². The number of carbonyl (C=O) groups is 2. The van der Waals surface area contributed by atoms with E-state index in [2.05, 4.69) is 0 Å². The van der Waals surface area contributed by atoms with Gasteiger partial charge in [-0.25, -0.2) is 0 Å². The first kappa shape index (κ1) is 17.4. The van der Waals surface area contributed by atoms with Gasteiger partial charge in [-0.1, -0.05) is 0 Å². The molecule has 0 aliphatic heterocycles. The molecular weight excluding hydrogens is 248 g/mol. The van der Waals surface area contributed by atoms with Crippen molar-refractivity contribution >= 4 is 11.9 Å². The van der Waals surface area contributed by atoms with Crippen molar-refractivity contribution in [1.29, 1.82) is 5.26 Å². The number of nitrogens with zero attached hydrogens (tertiary/aromatic N) is 4. The molecule has 0 saturated carbocycles. The molecule has 0 aromatic rings. The van der Waals surface area contributed by atoms with Crippen LogP contribution < -0.4 is 0 Å². The minimum atomic E-state index is -0.953. The standard InChI is InChI=1S/C12H22N4O3/c1-14(2)7-8-16(10-12(18)19)9-11(17)15(3)6-4-5-13/h4,6-10H2,1-3H3,(H,18,19). The number of carboxylic acids is 1. The molecule has 0 fully saturated rings. The average molecular weight is 270 g/mol. The number of likely N-dealkylation sites (N-methyl/N-ethyl adjacent to an activating group) is 2. The van der Waals surface area contributed by atoms with E-state index in [1.165, 1.54) is 4.90 Å². The highest BCUT2D eigenvalue weighted by Gasteiger charge is 2.16. The number of carbonyl (C=O) groups excluding carboxylic acids is 1. The van der Waals surface area contributed by atoms with Crippen molar-refractivity contribution in [3.05, 3.63) is 0 Å². The summed E-state index contributed by atoms with van der Waals surface area (Å²) in [6.07, 6.45) is 0.277. The number of aliphatic carboxylic acids is 1. The van der Waals surface area contributed by atoms with Gasteiger partial charge in [-0.05, 0) is 14.1 Å². The fraction of sp³-hybridized carbons (Fsp3) is 0.750. The molecule has 0 radical (unpaired) electrons. The van der Waals surface area contributed by atoms with Crippen molar-refractivity contribution in [2.24, 2.45) is 0 Å². The molecular formula is C12H22N4O3. The Bertz CT molecular complexity index is 338. The quantitative estimate of drug-likeness (QED) is 0.596. The van der Waals surface area contributed by atoms with Gasteiger partial charge in [0.15, 0.2) is 0 Å². The van der Waals surface area contributed by atoms with E-state index in [1.54, 1.807) is 11.9 Å². The van der Waals surface area contributed by atoms with Gasteiger partial charge in [0.2, 0.25) is 5.91 Å². The Balaban J connectivity index is 4.32. The van der Waals surface area contributed by atoms with E-state index in [0.717, 1.165) is 0 Å². The predicted octanol–water partition coefficient (Wildman–Crippen LogP) is -0.693. The van der Waals surface area contributed by atoms with Crippen LogP contribution in [0.4, 0.5) is 0 Å². The van der Waals surface area contributed by atoms with E-state index >= 15 is 0 Å². The third-order valence-corrected chi connectivity index (χ3v) is 2.57. The summed E-state index contributed by atoms with van der Waals surface area (Å²) in [6, 6.07) is 1.97. The van der Waals surface area contributed by atoms with Crippen molar-refractivity contribution in [3.8, 4) is 6.07 Å². The maximum absolute atomic E-state index is 11.9. The third kappa shape index (κ3) is 8.99. The van der Waals surface area contributed by atoms with Gasteiger partial charge in [0, 0.05) is 26.7 Å². The minimum Gasteiger partial charge on any atom is -0.480 e. The Kier molecular flexibility index (Phi) is 8.49. The molecule has 1 N–H and O–H groups in total. The first-order valence-electron chi connectivity index (χ1n) is 6.06. The molecule has 0 atom stereocenters. The van der Waals surface area contributed by atoms with Gasteiger partial charge in [-0.15, -0.1) is 0 Å². The van der Waals surface area contributed by atoms with Crippen LogP contribution in [0.3, 0.4) is 0 Å². The summed E-state index contributed by atoms with van der Waals surface area (Å²) in [5, 5.41) is 17.3. The number of rotatable bonds is 9. The van der Waals surface area contributed by atoms with Gasteiger partial charge in [0.05, 0.1) is 25.6 Å². The van der Waals surface area contributed by atoms with Gasteiger partial charge < -0.3 is 14.9 Å². The zero-order valence-corrected chi connectivity index (χ0v) is 11.8. The Hall–Kier alpha value is -1.65. The average Bonchev–Trinajstić information content (AvgIpc) is 2.32. The van der Waals surface area contributed by atoms with Crippen LogP contribution in [0, 0.1) is 11.3 Å². The lowest BCUT2D eigenvalue weighted by atomic mass is 10.3. The lowest BCUT2D eigenvalue weighted by molar-refractivity contribution is -0.139. The SMILES string of the molecule is CN(C)CCN(CC(=O)O)CC(=O)N(C)CCC#N. The summed E-state index contributed by atoms with van der Waals surface area (Å²) < 4.78 is 0. The Labute approximate surface area is 114 Å². The molecule has 19 heavy (non-hydrogen) atoms. The smallest absolute Gasteiger partial charge is 0.317 e. The molecule has 0 aliphatic rings. The van der Waals surface area contributed by atoms with Crippen LogP contribution in [0.1, 0.15) is 6.42 Å². The summed E-state index contributed by atoms with van der Waals surface area (Å²) in [6.45, 7) is 1.46. The predicted molar refractivity (Wildman–Crippen MR) is 70.5 cm³/mol. The monoisotopic (exact) mass is 270 g/mol. The van der Waals surface area contributed by atoms with Gasteiger partial charge in [0.25, 0.3) is 0 Å². The highest BCUT2D eigenvalue weighted by atomic mass is 16.4. The largest absolute Gasteiger partial charge is 0.480 e. The zero-order chi connectivity index (χ0) is 14.8. The maximum Gasteiger partial charge on any atom is 0.317 e. The number of hydrogen-bond donors (Lipinski definition) is 1. The highest BCUT2D eigenvalue weighted by molar-refractivity contribution is 5.79. The van der Waals surface area contributed by atoms with Crippen LogP contribution in [0.25, 0.3) is 0 Å². The van der Waals surface area contributed by atoms with Gasteiger partial charge in [-0.3, -0.25) is 14.5 Å². The molecule has 0 heterocycles. The number of carboxylic acid groups (broad SMARTS) is 1. The summed E-state index contributed by atoms with van der Waals surface area (Å²) in [5.74, 6) is -1.12. The molecule has 0 aliphatic carbocycles. The fourth-order valence-corrected chi connectivity index (χ4v) is 1.40. The molecule has 0 aromatic carbocycles. The Morgan fingerprint density at radius 1 is 1.11 bits per heavy atom. The van der Waals surface area contributed by atoms with Crippen molar-refractivity contribution < 1.29 is 14.7 Å². The fourth-order valence-electron chi connectivity index (χ4n) is 1.40. The van der Waals surface area contributed by atoms with Gasteiger partial charge in [0.1, 0.15) is 0 Å². The minimum absolute atomic E-state index is 0.0576. The number of hydrogen-bond acceptors (Lipinski definition) is 5. The van der Waals surface area contributed by atoms with Crippen LogP contribution >= 0.6 is 0 Å². The molecule has 0 spiro atoms. The number of nitriles is 1. The van der Waals surface area contributed by atoms with Crippen LogP contribution in [0.2, 0.25) is 0 Å². The summed E-state index contributed by atoms with van der Waals surface area (Å²) in [7, 11) is 5.39. The molecule has 7 heteroatoms. The van der Waals surface area contributed by atoms with E-state index in [0.29, 0.717) is 19.6 Å². The second-order valence-corrected chi connectivity index (χ2v) is 4.63. The molecule has 0 saturated heterocycles. The van der Waals surface area contributed by atoms with E-state index in [1.807, 2.05) is 25.1 Å². The molecule has 0 rings (SSSR count). The van der Waals surface area contributed by atoms with Crippen molar-refractivity contribution in [2.45, 2.75) is 6.42 Å². The Morgan fingerprint density at radius 3 is 2.21 bits per heavy atom. The van der Waals surface area contributed by atoms with E-state index in [-0.39, 0.29) is 25.4 Å². The zero-order valence-electron chi connectivity index (χ0n) is 11.8. The van der Waals surface area contributed by atoms with E-state index < -0.39 is 5.97 Å². The molecule has 1 amide bonds. The van der Waals surface area contributed by atoms with Gasteiger partial charge >= 0.3 is 5.97 Å². The summed E-state index contributed by atoms with van der Waals surface area (Å²) in [5.41, 5.74) is 0. The molecule has 108 valence electrons. The maximum atomic E-state index is 11.9. The molecule has 7 nitrogen and oxygen atoms in total. The Morgan fingerprint density at radius 2 is 1.74 bits per heavy atom. The van der Waals surface area contributed by atoms with E-state index in [9.17, 15) is 9.59 Å². The normalized spacial score (nSPS) is 10.5. The highest BCUT2D eigenvalue weighted by Crippen LogP contribution is 1.95. The molecule has 0 bridgehead atoms. The lowest BCUT2D eigenvalue weighted by Crippen LogP contribution is -2.43. The first-order chi connectivity index (χ1) is 8.86. The lowest BCUT2D eigenvalue weighted by Gasteiger charge is -2.24. The second kappa shape index (κ2) is 9.30. The molecule has 0 aromatic heterocycles. The summed E-state index contributed by atoms with van der Waals surface area (Å²) >= 11 is 0. The van der Waals surface area contributed by atoms with Crippen molar-refractivity contribution in [2.75, 3.05) is 53.9 Å². The van der Waals surface area contributed by atoms with Crippen LogP contribution in [-0.4, -0.2) is 85.5 Å².